The van der Waals surface area contributed by atoms with E-state index < -0.39 is 5.97 Å². The monoisotopic (exact) mass is 761 g/mol. The zero-order valence-electron chi connectivity index (χ0n) is 29.6. The average molecular weight is 762 g/mol. The molecule has 0 aliphatic carbocycles. The van der Waals surface area contributed by atoms with Crippen LogP contribution >= 0.6 is 0 Å². The molecule has 6 nitrogen and oxygen atoms in total. The molecular formula is C48H34CuN4O2. The Hall–Kier alpha value is -6.79. The van der Waals surface area contributed by atoms with E-state index in [0.29, 0.717) is 0 Å². The summed E-state index contributed by atoms with van der Waals surface area (Å²) in [5, 5.41) is 0. The summed E-state index contributed by atoms with van der Waals surface area (Å²) in [6.07, 6.45) is 9.50. The smallest absolute Gasteiger partial charge is 0.330 e. The van der Waals surface area contributed by atoms with Crippen LogP contribution in [0.2, 0.25) is 0 Å². The maximum atomic E-state index is 12.5. The van der Waals surface area contributed by atoms with Crippen LogP contribution in [0.3, 0.4) is 0 Å². The molecule has 0 amide bonds. The van der Waals surface area contributed by atoms with Crippen molar-refractivity contribution in [2.45, 2.75) is 6.61 Å². The first-order chi connectivity index (χ1) is 26.6. The van der Waals surface area contributed by atoms with Crippen molar-refractivity contribution in [3.63, 3.8) is 0 Å². The molecule has 7 aromatic rings. The third-order valence-corrected chi connectivity index (χ3v) is 9.73. The molecule has 5 heterocycles. The first-order valence-electron chi connectivity index (χ1n) is 17.8. The minimum atomic E-state index is -0.497. The van der Waals surface area contributed by atoms with Crippen molar-refractivity contribution in [2.24, 2.45) is 0 Å². The molecule has 0 spiro atoms. The summed E-state index contributed by atoms with van der Waals surface area (Å²) >= 11 is 0. The normalized spacial score (nSPS) is 11.6. The van der Waals surface area contributed by atoms with E-state index >= 15 is 0 Å². The Kier molecular flexibility index (Phi) is 9.80. The van der Waals surface area contributed by atoms with Gasteiger partial charge >= 0.3 is 5.97 Å². The molecule has 0 fully saturated rings. The van der Waals surface area contributed by atoms with Crippen molar-refractivity contribution in [2.75, 3.05) is 0 Å². The number of aromatic amines is 2. The van der Waals surface area contributed by atoms with Gasteiger partial charge in [0.05, 0.1) is 28.3 Å². The number of rotatable bonds is 7. The van der Waals surface area contributed by atoms with Crippen LogP contribution in [0.5, 0.6) is 0 Å². The Bertz CT molecular complexity index is 2790. The van der Waals surface area contributed by atoms with Crippen LogP contribution in [-0.2, 0) is 33.2 Å². The molecule has 0 unspecified atom stereocenters. The number of fused-ring (bicyclic) bond motifs is 8. The first-order valence-corrected chi connectivity index (χ1v) is 17.8. The van der Waals surface area contributed by atoms with Gasteiger partial charge in [-0.05, 0) is 64.8 Å². The molecule has 4 aromatic carbocycles. The summed E-state index contributed by atoms with van der Waals surface area (Å²) in [7, 11) is 0. The van der Waals surface area contributed by atoms with E-state index in [-0.39, 0.29) is 23.7 Å². The fourth-order valence-corrected chi connectivity index (χ4v) is 7.31. The molecule has 55 heavy (non-hydrogen) atoms. The van der Waals surface area contributed by atoms with E-state index in [2.05, 4.69) is 120 Å². The van der Waals surface area contributed by atoms with Gasteiger partial charge in [0.1, 0.15) is 6.61 Å². The average Bonchev–Trinajstić information content (AvgIpc) is 4.06. The van der Waals surface area contributed by atoms with Crippen LogP contribution in [0, 0.1) is 0 Å². The molecule has 0 saturated carbocycles. The predicted molar refractivity (Wildman–Crippen MR) is 221 cm³/mol. The van der Waals surface area contributed by atoms with Crippen LogP contribution in [0.1, 0.15) is 28.3 Å². The minimum Gasteiger partial charge on any atom is -0.458 e. The van der Waals surface area contributed by atoms with Crippen molar-refractivity contribution in [3.05, 3.63) is 181 Å². The Labute approximate surface area is 329 Å². The van der Waals surface area contributed by atoms with Gasteiger partial charge in [0.25, 0.3) is 0 Å². The predicted octanol–water partition coefficient (Wildman–Crippen LogP) is 11.6. The van der Waals surface area contributed by atoms with Gasteiger partial charge in [-0.3, -0.25) is 0 Å². The van der Waals surface area contributed by atoms with E-state index in [1.807, 2.05) is 60.7 Å². The molecule has 3 aromatic heterocycles. The van der Waals surface area contributed by atoms with E-state index in [4.69, 9.17) is 14.7 Å². The number of nitrogens with one attached hydrogen (secondary N) is 2. The number of aromatic nitrogens is 4. The molecule has 2 aliphatic rings. The summed E-state index contributed by atoms with van der Waals surface area (Å²) in [5.74, 6) is -0.497. The summed E-state index contributed by atoms with van der Waals surface area (Å²) in [5.41, 5.74) is 15.3. The van der Waals surface area contributed by atoms with Crippen LogP contribution in [0.25, 0.3) is 90.9 Å². The second-order valence-electron chi connectivity index (χ2n) is 13.1. The van der Waals surface area contributed by atoms with Crippen LogP contribution < -0.4 is 0 Å². The summed E-state index contributed by atoms with van der Waals surface area (Å²) < 4.78 is 5.72. The molecule has 9 rings (SSSR count). The molecule has 2 aliphatic heterocycles. The van der Waals surface area contributed by atoms with Gasteiger partial charge in [-0.15, -0.1) is 0 Å². The van der Waals surface area contributed by atoms with Gasteiger partial charge in [0, 0.05) is 67.5 Å². The van der Waals surface area contributed by atoms with E-state index in [0.717, 1.165) is 94.9 Å². The number of hydrogen-bond acceptors (Lipinski definition) is 4. The van der Waals surface area contributed by atoms with E-state index in [1.54, 1.807) is 0 Å². The fourth-order valence-electron chi connectivity index (χ4n) is 7.31. The maximum absolute atomic E-state index is 12.5. The SMILES string of the molecule is C=CC(=O)OCc1cc2[nH]c1c(-c1ccccc1)c1nc(c(-c3ccccc3)c3ccc([nH]3)c(-c3ccccc3)c3nc(c2-c2ccccc2)C=C3)C=C1.[Cu]. The Balaban J connectivity index is 0.00000427. The van der Waals surface area contributed by atoms with Crippen molar-refractivity contribution in [3.8, 4) is 44.5 Å². The molecule has 0 atom stereocenters. The van der Waals surface area contributed by atoms with Gasteiger partial charge in [0.2, 0.25) is 0 Å². The molecule has 0 saturated heterocycles. The number of esters is 1. The van der Waals surface area contributed by atoms with Crippen LogP contribution in [0.4, 0.5) is 0 Å². The molecule has 8 bridgehead atoms. The van der Waals surface area contributed by atoms with Gasteiger partial charge in [-0.25, -0.2) is 14.8 Å². The van der Waals surface area contributed by atoms with Crippen LogP contribution in [0.15, 0.2) is 152 Å². The molecular weight excluding hydrogens is 728 g/mol. The summed E-state index contributed by atoms with van der Waals surface area (Å²) in [6.45, 7) is 3.65. The topological polar surface area (TPSA) is 83.7 Å². The Morgan fingerprint density at radius 3 is 1.33 bits per heavy atom. The summed E-state index contributed by atoms with van der Waals surface area (Å²) in [6, 6.07) is 47.5. The second-order valence-corrected chi connectivity index (χ2v) is 13.1. The third kappa shape index (κ3) is 6.79. The van der Waals surface area contributed by atoms with Gasteiger partial charge in [-0.2, -0.15) is 0 Å². The minimum absolute atomic E-state index is 0. The maximum Gasteiger partial charge on any atom is 0.330 e. The Morgan fingerprint density at radius 1 is 0.527 bits per heavy atom. The van der Waals surface area contributed by atoms with Gasteiger partial charge < -0.3 is 14.7 Å². The number of hydrogen-bond donors (Lipinski definition) is 2. The number of carbonyl (C=O) groups is 1. The molecule has 7 heteroatoms. The fraction of sp³-hybridized carbons (Fsp3) is 0.0208. The number of benzene rings is 4. The zero-order chi connectivity index (χ0) is 36.4. The molecule has 269 valence electrons. The number of nitrogens with zero attached hydrogens (tertiary/aromatic N) is 2. The quantitative estimate of drug-likeness (QED) is 0.0962. The second kappa shape index (κ2) is 15.3. The van der Waals surface area contributed by atoms with Gasteiger partial charge in [-0.1, -0.05) is 128 Å². The Morgan fingerprint density at radius 2 is 0.909 bits per heavy atom. The third-order valence-electron chi connectivity index (χ3n) is 9.73. The number of H-pyrrole nitrogens is 2. The number of ether oxygens (including phenoxy) is 1. The summed E-state index contributed by atoms with van der Waals surface area (Å²) in [4.78, 5) is 30.8. The van der Waals surface area contributed by atoms with E-state index in [1.165, 1.54) is 6.08 Å². The largest absolute Gasteiger partial charge is 0.458 e. The zero-order valence-corrected chi connectivity index (χ0v) is 30.5. The van der Waals surface area contributed by atoms with E-state index in [9.17, 15) is 4.79 Å². The molecule has 2 N–H and O–H groups in total. The standard InChI is InChI=1S/C48H34N4O2.Cu/c1-2-43(53)54-30-35-29-42-46(33-19-11-5-12-20-33)40-26-25-38(50-40)44(31-15-7-3-8-16-31)36-23-24-37(49-36)45(32-17-9-4-10-18-32)39-27-28-41(51-39)47(48(35)52-42)34-21-13-6-14-22-34;/h2-29,49,52H,1,30H2;. The van der Waals surface area contributed by atoms with Crippen molar-refractivity contribution in [1.29, 1.82) is 0 Å². The number of carbonyl (C=O) groups excluding carboxylic acids is 1. The van der Waals surface area contributed by atoms with Crippen molar-refractivity contribution >= 4 is 52.3 Å². The first kappa shape index (κ1) is 35.3. The van der Waals surface area contributed by atoms with Crippen molar-refractivity contribution in [1.82, 2.24) is 19.9 Å². The van der Waals surface area contributed by atoms with Crippen molar-refractivity contribution < 1.29 is 26.6 Å². The molecule has 1 radical (unpaired) electrons. The van der Waals surface area contributed by atoms with Crippen LogP contribution in [-0.4, -0.2) is 25.9 Å². The van der Waals surface area contributed by atoms with Gasteiger partial charge in [0.15, 0.2) is 0 Å².